The van der Waals surface area contributed by atoms with Crippen LogP contribution < -0.4 is 16.0 Å². The standard InChI is InChI=1S/C24H34N6O.HI/c1-4-26-24(29(3)17-19-9-7-18(2)8-10-19)28-16-21-6-5-13-27-23(21)30-14-11-20(12-15-30)22(25)31;/h5-10,13,20H,4,11-12,14-17H2,1-3H3,(H2,25,31)(H,26,28);1H. The second-order valence-corrected chi connectivity index (χ2v) is 8.16. The largest absolute Gasteiger partial charge is 0.369 e. The van der Waals surface area contributed by atoms with Crippen LogP contribution >= 0.6 is 24.0 Å². The Morgan fingerprint density at radius 1 is 1.25 bits per heavy atom. The minimum Gasteiger partial charge on any atom is -0.369 e. The SMILES string of the molecule is CCNC(=NCc1cccnc1N1CCC(C(N)=O)CC1)N(C)Cc1ccc(C)cc1.I. The first-order valence-electron chi connectivity index (χ1n) is 11.0. The summed E-state index contributed by atoms with van der Waals surface area (Å²) < 4.78 is 0. The van der Waals surface area contributed by atoms with Crippen molar-refractivity contribution >= 4 is 41.7 Å². The fourth-order valence-electron chi connectivity index (χ4n) is 3.89. The van der Waals surface area contributed by atoms with Crippen molar-refractivity contribution < 1.29 is 4.79 Å². The maximum absolute atomic E-state index is 11.5. The van der Waals surface area contributed by atoms with E-state index in [0.29, 0.717) is 6.54 Å². The van der Waals surface area contributed by atoms with Crippen molar-refractivity contribution in [3.63, 3.8) is 0 Å². The van der Waals surface area contributed by atoms with Crippen molar-refractivity contribution in [2.75, 3.05) is 31.6 Å². The molecule has 0 saturated carbocycles. The number of anilines is 1. The molecule has 7 nitrogen and oxygen atoms in total. The number of carbonyl (C=O) groups is 1. The lowest BCUT2D eigenvalue weighted by Crippen LogP contribution is -2.39. The zero-order chi connectivity index (χ0) is 22.2. The molecule has 1 aliphatic heterocycles. The van der Waals surface area contributed by atoms with Crippen molar-refractivity contribution in [1.82, 2.24) is 15.2 Å². The number of hydrogen-bond acceptors (Lipinski definition) is 4. The highest BCUT2D eigenvalue weighted by molar-refractivity contribution is 14.0. The number of primary amides is 1. The van der Waals surface area contributed by atoms with Gasteiger partial charge in [0, 0.05) is 50.9 Å². The summed E-state index contributed by atoms with van der Waals surface area (Å²) in [6.07, 6.45) is 3.37. The molecule has 1 fully saturated rings. The van der Waals surface area contributed by atoms with Gasteiger partial charge in [-0.2, -0.15) is 0 Å². The zero-order valence-corrected chi connectivity index (χ0v) is 21.6. The van der Waals surface area contributed by atoms with E-state index in [2.05, 4.69) is 71.3 Å². The molecule has 0 radical (unpaired) electrons. The minimum absolute atomic E-state index is 0. The quantitative estimate of drug-likeness (QED) is 0.314. The Hall–Kier alpha value is -2.36. The number of pyridine rings is 1. The van der Waals surface area contributed by atoms with Crippen LogP contribution in [0.2, 0.25) is 0 Å². The predicted octanol–water partition coefficient (Wildman–Crippen LogP) is 3.31. The molecular formula is C24H35IN6O. The Morgan fingerprint density at radius 2 is 1.94 bits per heavy atom. The number of nitrogens with one attached hydrogen (secondary N) is 1. The summed E-state index contributed by atoms with van der Waals surface area (Å²) in [5.41, 5.74) is 9.07. The molecule has 1 aliphatic rings. The average Bonchev–Trinajstić information content (AvgIpc) is 2.78. The lowest BCUT2D eigenvalue weighted by molar-refractivity contribution is -0.122. The second kappa shape index (κ2) is 12.6. The third-order valence-corrected chi connectivity index (χ3v) is 5.70. The van der Waals surface area contributed by atoms with Gasteiger partial charge in [0.15, 0.2) is 5.96 Å². The van der Waals surface area contributed by atoms with Crippen molar-refractivity contribution in [2.45, 2.75) is 39.8 Å². The van der Waals surface area contributed by atoms with Crippen LogP contribution in [0.1, 0.15) is 36.5 Å². The van der Waals surface area contributed by atoms with Crippen LogP contribution in [0.4, 0.5) is 5.82 Å². The summed E-state index contributed by atoms with van der Waals surface area (Å²) in [7, 11) is 2.06. The van der Waals surface area contributed by atoms with Crippen LogP contribution in [0.25, 0.3) is 0 Å². The van der Waals surface area contributed by atoms with Crippen molar-refractivity contribution in [2.24, 2.45) is 16.6 Å². The van der Waals surface area contributed by atoms with Gasteiger partial charge in [0.05, 0.1) is 6.54 Å². The van der Waals surface area contributed by atoms with Gasteiger partial charge in [0.1, 0.15) is 5.82 Å². The van der Waals surface area contributed by atoms with Crippen LogP contribution in [0.3, 0.4) is 0 Å². The number of nitrogens with two attached hydrogens (primary N) is 1. The van der Waals surface area contributed by atoms with E-state index < -0.39 is 0 Å². The summed E-state index contributed by atoms with van der Waals surface area (Å²) in [4.78, 5) is 25.4. The van der Waals surface area contributed by atoms with Crippen LogP contribution in [0.15, 0.2) is 47.6 Å². The van der Waals surface area contributed by atoms with Crippen LogP contribution in [0.5, 0.6) is 0 Å². The molecule has 2 heterocycles. The Morgan fingerprint density at radius 3 is 2.56 bits per heavy atom. The predicted molar refractivity (Wildman–Crippen MR) is 141 cm³/mol. The third-order valence-electron chi connectivity index (χ3n) is 5.70. The summed E-state index contributed by atoms with van der Waals surface area (Å²) in [5.74, 6) is 1.59. The number of aryl methyl sites for hydroxylation is 1. The van der Waals surface area contributed by atoms with E-state index in [1.807, 2.05) is 12.3 Å². The van der Waals surface area contributed by atoms with E-state index in [4.69, 9.17) is 10.7 Å². The topological polar surface area (TPSA) is 86.9 Å². The first-order valence-corrected chi connectivity index (χ1v) is 11.0. The average molecular weight is 550 g/mol. The molecule has 0 bridgehead atoms. The van der Waals surface area contributed by atoms with Gasteiger partial charge in [-0.05, 0) is 38.3 Å². The number of amides is 1. The molecule has 0 unspecified atom stereocenters. The first-order chi connectivity index (χ1) is 15.0. The number of aromatic nitrogens is 1. The Kier molecular flexibility index (Phi) is 10.2. The van der Waals surface area contributed by atoms with Gasteiger partial charge in [-0.3, -0.25) is 4.79 Å². The monoisotopic (exact) mass is 550 g/mol. The maximum atomic E-state index is 11.5. The number of guanidine groups is 1. The van der Waals surface area contributed by atoms with Gasteiger partial charge in [-0.1, -0.05) is 35.9 Å². The highest BCUT2D eigenvalue weighted by Gasteiger charge is 2.25. The molecule has 1 aromatic carbocycles. The number of nitrogens with zero attached hydrogens (tertiary/aromatic N) is 4. The van der Waals surface area contributed by atoms with E-state index in [1.54, 1.807) is 0 Å². The molecule has 1 amide bonds. The molecule has 0 aliphatic carbocycles. The number of aliphatic imine (C=N–C) groups is 1. The number of halogens is 1. The number of piperidine rings is 1. The molecule has 8 heteroatoms. The van der Waals surface area contributed by atoms with E-state index in [0.717, 1.165) is 56.4 Å². The van der Waals surface area contributed by atoms with Crippen molar-refractivity contribution in [1.29, 1.82) is 0 Å². The van der Waals surface area contributed by atoms with Crippen molar-refractivity contribution in [3.05, 3.63) is 59.3 Å². The van der Waals surface area contributed by atoms with E-state index in [-0.39, 0.29) is 35.8 Å². The number of benzene rings is 1. The van der Waals surface area contributed by atoms with Gasteiger partial charge in [-0.15, -0.1) is 24.0 Å². The van der Waals surface area contributed by atoms with Gasteiger partial charge in [0.2, 0.25) is 5.91 Å². The van der Waals surface area contributed by atoms with E-state index >= 15 is 0 Å². The van der Waals surface area contributed by atoms with Gasteiger partial charge < -0.3 is 20.9 Å². The van der Waals surface area contributed by atoms with Crippen LogP contribution in [-0.4, -0.2) is 48.4 Å². The van der Waals surface area contributed by atoms with Crippen molar-refractivity contribution in [3.8, 4) is 0 Å². The third kappa shape index (κ3) is 7.08. The molecule has 32 heavy (non-hydrogen) atoms. The normalized spacial score (nSPS) is 14.6. The number of rotatable bonds is 7. The molecule has 1 aromatic heterocycles. The van der Waals surface area contributed by atoms with Crippen LogP contribution in [-0.2, 0) is 17.9 Å². The lowest BCUT2D eigenvalue weighted by atomic mass is 9.96. The molecule has 0 atom stereocenters. The van der Waals surface area contributed by atoms with Gasteiger partial charge in [0.25, 0.3) is 0 Å². The van der Waals surface area contributed by atoms with Gasteiger partial charge >= 0.3 is 0 Å². The highest BCUT2D eigenvalue weighted by Crippen LogP contribution is 2.25. The molecule has 0 spiro atoms. The Bertz CT molecular complexity index is 894. The summed E-state index contributed by atoms with van der Waals surface area (Å²) in [5, 5.41) is 3.39. The maximum Gasteiger partial charge on any atom is 0.220 e. The van der Waals surface area contributed by atoms with Crippen LogP contribution in [0, 0.1) is 12.8 Å². The molecule has 3 rings (SSSR count). The number of carbonyl (C=O) groups excluding carboxylic acids is 1. The second-order valence-electron chi connectivity index (χ2n) is 8.16. The fraction of sp³-hybridized carbons (Fsp3) is 0.458. The molecular weight excluding hydrogens is 515 g/mol. The molecule has 174 valence electrons. The zero-order valence-electron chi connectivity index (χ0n) is 19.3. The smallest absolute Gasteiger partial charge is 0.220 e. The molecule has 3 N–H and O–H groups in total. The summed E-state index contributed by atoms with van der Waals surface area (Å²) >= 11 is 0. The number of hydrogen-bond donors (Lipinski definition) is 2. The van der Waals surface area contributed by atoms with E-state index in [1.165, 1.54) is 11.1 Å². The Balaban J connectivity index is 0.00000363. The summed E-state index contributed by atoms with van der Waals surface area (Å²) in [6.45, 7) is 7.88. The lowest BCUT2D eigenvalue weighted by Gasteiger charge is -2.32. The summed E-state index contributed by atoms with van der Waals surface area (Å²) in [6, 6.07) is 12.6. The first kappa shape index (κ1) is 25.9. The molecule has 1 saturated heterocycles. The van der Waals surface area contributed by atoms with Gasteiger partial charge in [-0.25, -0.2) is 9.98 Å². The highest BCUT2D eigenvalue weighted by atomic mass is 127. The minimum atomic E-state index is -0.197. The Labute approximate surface area is 208 Å². The fourth-order valence-corrected chi connectivity index (χ4v) is 3.89. The van der Waals surface area contributed by atoms with E-state index in [9.17, 15) is 4.79 Å². The molecule has 2 aromatic rings.